The van der Waals surface area contributed by atoms with Crippen molar-refractivity contribution in [3.8, 4) is 0 Å². The van der Waals surface area contributed by atoms with Crippen molar-refractivity contribution >= 4 is 12.0 Å². The van der Waals surface area contributed by atoms with Gasteiger partial charge in [0.2, 0.25) is 5.91 Å². The molecule has 2 amide bonds. The molecule has 150 valence electrons. The molecule has 28 heavy (non-hydrogen) atoms. The normalized spacial score (nSPS) is 36.4. The molecular formula is C23H30N2O3. The average Bonchev–Trinajstić information content (AvgIpc) is 3.23. The van der Waals surface area contributed by atoms with Gasteiger partial charge in [-0.05, 0) is 60.5 Å². The molecule has 0 atom stereocenters. The Labute approximate surface area is 166 Å². The Balaban J connectivity index is 1.16. The van der Waals surface area contributed by atoms with E-state index in [0.717, 1.165) is 32.4 Å². The Morgan fingerprint density at radius 1 is 1.25 bits per heavy atom. The van der Waals surface area contributed by atoms with Gasteiger partial charge in [0, 0.05) is 19.0 Å². The fourth-order valence-electron chi connectivity index (χ4n) is 5.88. The Morgan fingerprint density at radius 2 is 2.04 bits per heavy atom. The first kappa shape index (κ1) is 18.0. The number of nitrogens with zero attached hydrogens (tertiary/aromatic N) is 1. The average molecular weight is 383 g/mol. The number of carbonyl (C=O) groups is 2. The summed E-state index contributed by atoms with van der Waals surface area (Å²) in [6.45, 7) is 6.71. The maximum absolute atomic E-state index is 12.9. The molecule has 2 saturated carbocycles. The van der Waals surface area contributed by atoms with Crippen molar-refractivity contribution in [1.82, 2.24) is 10.2 Å². The van der Waals surface area contributed by atoms with E-state index in [4.69, 9.17) is 4.74 Å². The van der Waals surface area contributed by atoms with E-state index in [9.17, 15) is 9.59 Å². The van der Waals surface area contributed by atoms with Gasteiger partial charge in [-0.15, -0.1) is 0 Å². The lowest BCUT2D eigenvalue weighted by molar-refractivity contribution is -0.140. The van der Waals surface area contributed by atoms with Gasteiger partial charge in [-0.2, -0.15) is 0 Å². The van der Waals surface area contributed by atoms with E-state index in [2.05, 4.69) is 48.3 Å². The zero-order valence-electron chi connectivity index (χ0n) is 16.9. The van der Waals surface area contributed by atoms with Gasteiger partial charge < -0.3 is 15.0 Å². The lowest BCUT2D eigenvalue weighted by Crippen LogP contribution is -2.58. The number of alkyl carbamates (subject to hydrolysis) is 1. The molecular weight excluding hydrogens is 352 g/mol. The third kappa shape index (κ3) is 2.90. The van der Waals surface area contributed by atoms with Crippen LogP contribution in [0.1, 0.15) is 68.9 Å². The van der Waals surface area contributed by atoms with Gasteiger partial charge in [-0.1, -0.05) is 38.1 Å². The molecule has 0 bridgehead atoms. The van der Waals surface area contributed by atoms with E-state index in [1.54, 1.807) is 0 Å². The van der Waals surface area contributed by atoms with Crippen molar-refractivity contribution in [1.29, 1.82) is 0 Å². The number of likely N-dealkylation sites (tertiary alicyclic amines) is 1. The van der Waals surface area contributed by atoms with Gasteiger partial charge in [0.1, 0.15) is 6.61 Å². The molecule has 0 unspecified atom stereocenters. The molecule has 2 saturated heterocycles. The van der Waals surface area contributed by atoms with Crippen molar-refractivity contribution < 1.29 is 14.3 Å². The molecule has 2 heterocycles. The maximum Gasteiger partial charge on any atom is 0.407 e. The molecule has 4 aliphatic rings. The molecule has 2 spiro atoms. The van der Waals surface area contributed by atoms with E-state index < -0.39 is 0 Å². The van der Waals surface area contributed by atoms with Crippen LogP contribution >= 0.6 is 0 Å². The van der Waals surface area contributed by atoms with E-state index >= 15 is 0 Å². The minimum absolute atomic E-state index is 0.0516. The SMILES string of the molecule is CC(C)c1cccc(C2CC3(CCN(C(=O)C4CC5(COC(=O)N5)C4)C3)C2)c1. The molecule has 5 rings (SSSR count). The number of ether oxygens (including phenoxy) is 1. The molecule has 2 aliphatic carbocycles. The second-order valence-electron chi connectivity index (χ2n) is 10.0. The summed E-state index contributed by atoms with van der Waals surface area (Å²) in [5.74, 6) is 1.55. The van der Waals surface area contributed by atoms with E-state index in [1.807, 2.05) is 0 Å². The van der Waals surface area contributed by atoms with Gasteiger partial charge in [0.05, 0.1) is 5.54 Å². The minimum atomic E-state index is -0.340. The van der Waals surface area contributed by atoms with Crippen molar-refractivity contribution in [2.24, 2.45) is 11.3 Å². The first-order valence-corrected chi connectivity index (χ1v) is 10.7. The third-order valence-corrected chi connectivity index (χ3v) is 7.63. The topological polar surface area (TPSA) is 58.6 Å². The van der Waals surface area contributed by atoms with Crippen molar-refractivity contribution in [2.45, 2.75) is 63.3 Å². The van der Waals surface area contributed by atoms with Gasteiger partial charge in [-0.25, -0.2) is 4.79 Å². The molecule has 0 radical (unpaired) electrons. The third-order valence-electron chi connectivity index (χ3n) is 7.63. The molecule has 5 heteroatoms. The second kappa shape index (κ2) is 6.23. The van der Waals surface area contributed by atoms with Crippen molar-refractivity contribution in [3.05, 3.63) is 35.4 Å². The van der Waals surface area contributed by atoms with Crippen LogP contribution in [0.3, 0.4) is 0 Å². The predicted octanol–water partition coefficient (Wildman–Crippen LogP) is 3.79. The second-order valence-corrected chi connectivity index (χ2v) is 10.0. The fourth-order valence-corrected chi connectivity index (χ4v) is 5.88. The highest BCUT2D eigenvalue weighted by Crippen LogP contribution is 2.56. The van der Waals surface area contributed by atoms with Crippen LogP contribution in [0.4, 0.5) is 4.79 Å². The summed E-state index contributed by atoms with van der Waals surface area (Å²) in [6, 6.07) is 9.07. The molecule has 1 aromatic rings. The summed E-state index contributed by atoms with van der Waals surface area (Å²) in [6.07, 6.45) is 4.66. The number of nitrogens with one attached hydrogen (secondary N) is 1. The Hall–Kier alpha value is -2.04. The zero-order valence-corrected chi connectivity index (χ0v) is 16.9. The van der Waals surface area contributed by atoms with E-state index in [0.29, 0.717) is 23.9 Å². The number of cyclic esters (lactones) is 1. The summed E-state index contributed by atoms with van der Waals surface area (Å²) in [7, 11) is 0. The van der Waals surface area contributed by atoms with E-state index in [1.165, 1.54) is 24.0 Å². The number of hydrogen-bond donors (Lipinski definition) is 1. The van der Waals surface area contributed by atoms with E-state index in [-0.39, 0.29) is 23.5 Å². The molecule has 0 aromatic heterocycles. The molecule has 1 N–H and O–H groups in total. The molecule has 1 aromatic carbocycles. The number of rotatable bonds is 3. The minimum Gasteiger partial charge on any atom is -0.447 e. The number of amides is 2. The Morgan fingerprint density at radius 3 is 2.71 bits per heavy atom. The highest BCUT2D eigenvalue weighted by atomic mass is 16.6. The lowest BCUT2D eigenvalue weighted by Gasteiger charge is -2.46. The highest BCUT2D eigenvalue weighted by Gasteiger charge is 2.55. The largest absolute Gasteiger partial charge is 0.447 e. The number of carbonyl (C=O) groups excluding carboxylic acids is 2. The summed E-state index contributed by atoms with van der Waals surface area (Å²) in [5, 5.41) is 2.89. The van der Waals surface area contributed by atoms with Crippen LogP contribution in [0.25, 0.3) is 0 Å². The predicted molar refractivity (Wildman–Crippen MR) is 106 cm³/mol. The van der Waals surface area contributed by atoms with Crippen LogP contribution in [0.2, 0.25) is 0 Å². The van der Waals surface area contributed by atoms with Gasteiger partial charge in [0.15, 0.2) is 0 Å². The van der Waals surface area contributed by atoms with Crippen molar-refractivity contribution in [2.75, 3.05) is 19.7 Å². The molecule has 2 aliphatic heterocycles. The Kier molecular flexibility index (Phi) is 4.01. The monoisotopic (exact) mass is 382 g/mol. The maximum atomic E-state index is 12.9. The highest BCUT2D eigenvalue weighted by molar-refractivity contribution is 5.82. The van der Waals surface area contributed by atoms with Crippen LogP contribution in [-0.4, -0.2) is 42.1 Å². The van der Waals surface area contributed by atoms with Gasteiger partial charge in [0.25, 0.3) is 0 Å². The zero-order chi connectivity index (χ0) is 19.5. The summed E-state index contributed by atoms with van der Waals surface area (Å²) >= 11 is 0. The van der Waals surface area contributed by atoms with Crippen LogP contribution in [0.5, 0.6) is 0 Å². The van der Waals surface area contributed by atoms with Crippen molar-refractivity contribution in [3.63, 3.8) is 0 Å². The summed E-state index contributed by atoms with van der Waals surface area (Å²) in [5.41, 5.74) is 2.96. The first-order chi connectivity index (χ1) is 13.4. The smallest absolute Gasteiger partial charge is 0.407 e. The molecule has 4 fully saturated rings. The lowest BCUT2D eigenvalue weighted by atomic mass is 9.59. The number of hydrogen-bond acceptors (Lipinski definition) is 3. The summed E-state index contributed by atoms with van der Waals surface area (Å²) < 4.78 is 5.03. The van der Waals surface area contributed by atoms with Crippen LogP contribution in [0.15, 0.2) is 24.3 Å². The number of benzene rings is 1. The van der Waals surface area contributed by atoms with Crippen LogP contribution in [0, 0.1) is 11.3 Å². The standard InChI is InChI=1S/C23H30N2O3/c1-15(2)16-4-3-5-17(8-16)18-9-22(10-18)6-7-25(13-22)20(26)19-11-23(12-19)14-28-21(27)24-23/h3-5,8,15,18-19H,6-7,9-14H2,1-2H3,(H,24,27). The fraction of sp³-hybridized carbons (Fsp3) is 0.652. The van der Waals surface area contributed by atoms with Crippen LogP contribution < -0.4 is 5.32 Å². The van der Waals surface area contributed by atoms with Gasteiger partial charge >= 0.3 is 6.09 Å². The van der Waals surface area contributed by atoms with Gasteiger partial charge in [-0.3, -0.25) is 4.79 Å². The molecule has 5 nitrogen and oxygen atoms in total. The Bertz CT molecular complexity index is 806. The quantitative estimate of drug-likeness (QED) is 0.865. The van der Waals surface area contributed by atoms with Crippen LogP contribution in [-0.2, 0) is 9.53 Å². The summed E-state index contributed by atoms with van der Waals surface area (Å²) in [4.78, 5) is 26.3. The first-order valence-electron chi connectivity index (χ1n) is 10.7.